The number of hydrogen-bond acceptors (Lipinski definition) is 12. The molecule has 0 saturated carbocycles. The van der Waals surface area contributed by atoms with E-state index in [4.69, 9.17) is 9.47 Å². The largest absolute Gasteiger partial charge is 0.458 e. The first-order valence-electron chi connectivity index (χ1n) is 21.7. The number of ether oxygens (including phenoxy) is 2. The van der Waals surface area contributed by atoms with E-state index in [9.17, 15) is 48.6 Å². The molecule has 354 valence electrons. The van der Waals surface area contributed by atoms with Gasteiger partial charge >= 0.3 is 5.97 Å². The van der Waals surface area contributed by atoms with Crippen molar-refractivity contribution >= 4 is 47.3 Å². The number of amides is 7. The molecule has 9 atom stereocenters. The Bertz CT molecular complexity index is 2050. The number of nitrogens with one attached hydrogen (secondary N) is 5. The second kappa shape index (κ2) is 23.7. The van der Waals surface area contributed by atoms with Crippen LogP contribution in [0.5, 0.6) is 0 Å². The monoisotopic (exact) mass is 905 g/mol. The number of nitrogens with zero attached hydrogens (tertiary/aromatic N) is 2. The van der Waals surface area contributed by atoms with Crippen molar-refractivity contribution in [1.29, 1.82) is 0 Å². The molecule has 2 bridgehead atoms. The molecule has 0 radical (unpaired) electrons. The van der Waals surface area contributed by atoms with E-state index in [1.165, 1.54) is 39.0 Å². The number of allylic oxidation sites excluding steroid dienone is 1. The number of carbonyl (C=O) groups excluding carboxylic acids is 8. The number of methoxy groups -OCH3 is 1. The van der Waals surface area contributed by atoms with Gasteiger partial charge in [0.2, 0.25) is 23.6 Å². The van der Waals surface area contributed by atoms with Crippen LogP contribution in [0.2, 0.25) is 0 Å². The third-order valence-electron chi connectivity index (χ3n) is 11.5. The molecular weight excluding hydrogens is 843 g/mol. The third kappa shape index (κ3) is 13.2. The SMILES string of the molecule is CC=C1NC(=O)C(NC(=O)C(NC(=O)C(CO)OC)C(C)C)C(C)OC(=O)C(C(C)C)NC(=O)C(Cc2ccccc2)N(C)C(=O)C(Cc2ccccc2)N2C(=O)C(CCC2O)NC1=O. The molecule has 2 aliphatic rings. The predicted molar refractivity (Wildman–Crippen MR) is 235 cm³/mol. The third-order valence-corrected chi connectivity index (χ3v) is 11.5. The van der Waals surface area contributed by atoms with Crippen LogP contribution in [-0.4, -0.2) is 143 Å². The topological polar surface area (TPSA) is 262 Å². The Hall–Kier alpha value is -6.18. The van der Waals surface area contributed by atoms with Gasteiger partial charge in [0, 0.05) is 27.0 Å². The summed E-state index contributed by atoms with van der Waals surface area (Å²) >= 11 is 0. The van der Waals surface area contributed by atoms with Crippen molar-refractivity contribution in [3.63, 3.8) is 0 Å². The second-order valence-corrected chi connectivity index (χ2v) is 16.9. The van der Waals surface area contributed by atoms with E-state index in [0.29, 0.717) is 11.1 Å². The van der Waals surface area contributed by atoms with Crippen molar-refractivity contribution in [1.82, 2.24) is 36.4 Å². The molecule has 19 heteroatoms. The average molecular weight is 906 g/mol. The number of piperidine rings is 1. The molecule has 2 aromatic carbocycles. The van der Waals surface area contributed by atoms with Gasteiger partial charge in [0.15, 0.2) is 6.10 Å². The number of hydrogen-bond donors (Lipinski definition) is 7. The fourth-order valence-corrected chi connectivity index (χ4v) is 7.64. The zero-order valence-corrected chi connectivity index (χ0v) is 38.1. The smallest absolute Gasteiger partial charge is 0.329 e. The van der Waals surface area contributed by atoms with Gasteiger partial charge in [-0.1, -0.05) is 94.4 Å². The summed E-state index contributed by atoms with van der Waals surface area (Å²) in [6, 6.07) is 9.27. The molecule has 2 saturated heterocycles. The lowest BCUT2D eigenvalue weighted by molar-refractivity contribution is -0.165. The minimum absolute atomic E-state index is 0.0319. The molecule has 4 rings (SSSR count). The molecular formula is C46H63N7O12. The molecule has 65 heavy (non-hydrogen) atoms. The van der Waals surface area contributed by atoms with Crippen LogP contribution in [-0.2, 0) is 60.7 Å². The summed E-state index contributed by atoms with van der Waals surface area (Å²) < 4.78 is 10.8. The van der Waals surface area contributed by atoms with Crippen molar-refractivity contribution in [2.45, 2.75) is 122 Å². The molecule has 2 aliphatic heterocycles. The zero-order valence-electron chi connectivity index (χ0n) is 38.1. The molecule has 9 unspecified atom stereocenters. The lowest BCUT2D eigenvalue weighted by atomic mass is 9.95. The van der Waals surface area contributed by atoms with E-state index in [1.54, 1.807) is 88.4 Å². The Balaban J connectivity index is 1.84. The molecule has 0 aromatic heterocycles. The summed E-state index contributed by atoms with van der Waals surface area (Å²) in [5, 5.41) is 33.9. The Labute approximate surface area is 379 Å². The highest BCUT2D eigenvalue weighted by Gasteiger charge is 2.45. The lowest BCUT2D eigenvalue weighted by Gasteiger charge is -2.43. The number of rotatable bonds is 12. The number of benzene rings is 2. The number of carbonyl (C=O) groups is 8. The zero-order chi connectivity index (χ0) is 48.1. The van der Waals surface area contributed by atoms with Gasteiger partial charge in [-0.25, -0.2) is 4.79 Å². The molecule has 7 amide bonds. The first kappa shape index (κ1) is 51.5. The first-order valence-corrected chi connectivity index (χ1v) is 21.7. The number of aliphatic hydroxyl groups excluding tert-OH is 2. The van der Waals surface area contributed by atoms with E-state index in [2.05, 4.69) is 26.6 Å². The second-order valence-electron chi connectivity index (χ2n) is 16.9. The summed E-state index contributed by atoms with van der Waals surface area (Å²) in [7, 11) is 2.60. The van der Waals surface area contributed by atoms with Crippen LogP contribution in [0.25, 0.3) is 0 Å². The summed E-state index contributed by atoms with van der Waals surface area (Å²) in [6.45, 7) is 8.58. The van der Waals surface area contributed by atoms with E-state index in [-0.39, 0.29) is 31.4 Å². The van der Waals surface area contributed by atoms with E-state index < -0.39 is 120 Å². The molecule has 19 nitrogen and oxygen atoms in total. The number of fused-ring (bicyclic) bond motifs is 2. The van der Waals surface area contributed by atoms with Gasteiger partial charge < -0.3 is 56.1 Å². The molecule has 0 aliphatic carbocycles. The van der Waals surface area contributed by atoms with Crippen LogP contribution >= 0.6 is 0 Å². The van der Waals surface area contributed by atoms with Crippen molar-refractivity contribution in [2.24, 2.45) is 11.8 Å². The van der Waals surface area contributed by atoms with Crippen LogP contribution in [0.15, 0.2) is 72.4 Å². The fourth-order valence-electron chi connectivity index (χ4n) is 7.64. The highest BCUT2D eigenvalue weighted by molar-refractivity contribution is 6.02. The molecule has 2 fully saturated rings. The summed E-state index contributed by atoms with van der Waals surface area (Å²) in [5.41, 5.74) is 0.939. The van der Waals surface area contributed by atoms with Gasteiger partial charge in [0.1, 0.15) is 54.3 Å². The number of esters is 1. The van der Waals surface area contributed by atoms with Crippen molar-refractivity contribution in [2.75, 3.05) is 20.8 Å². The van der Waals surface area contributed by atoms with Gasteiger partial charge in [-0.05, 0) is 49.7 Å². The minimum atomic E-state index is -1.73. The summed E-state index contributed by atoms with van der Waals surface area (Å²) in [5.74, 6) is -8.13. The Morgan fingerprint density at radius 2 is 1.45 bits per heavy atom. The summed E-state index contributed by atoms with van der Waals surface area (Å²) in [4.78, 5) is 115. The van der Waals surface area contributed by atoms with Gasteiger partial charge in [0.25, 0.3) is 17.7 Å². The van der Waals surface area contributed by atoms with Gasteiger partial charge in [-0.2, -0.15) is 0 Å². The Morgan fingerprint density at radius 1 is 0.862 bits per heavy atom. The first-order chi connectivity index (χ1) is 30.8. The molecule has 0 spiro atoms. The van der Waals surface area contributed by atoms with Crippen LogP contribution in [0.3, 0.4) is 0 Å². The Kier molecular flexibility index (Phi) is 18.7. The van der Waals surface area contributed by atoms with E-state index in [1.807, 2.05) is 0 Å². The van der Waals surface area contributed by atoms with Gasteiger partial charge in [0.05, 0.1) is 6.61 Å². The highest BCUT2D eigenvalue weighted by atomic mass is 16.5. The van der Waals surface area contributed by atoms with E-state index in [0.717, 1.165) is 4.90 Å². The molecule has 7 N–H and O–H groups in total. The fraction of sp³-hybridized carbons (Fsp3) is 0.522. The quantitative estimate of drug-likeness (QED) is 0.108. The normalized spacial score (nSPS) is 25.7. The van der Waals surface area contributed by atoms with Crippen molar-refractivity contribution < 1.29 is 58.0 Å². The maximum Gasteiger partial charge on any atom is 0.329 e. The number of likely N-dealkylation sites (N-methyl/N-ethyl adjacent to an activating group) is 1. The number of aliphatic hydroxyl groups is 2. The lowest BCUT2D eigenvalue weighted by Crippen LogP contribution is -2.64. The van der Waals surface area contributed by atoms with Crippen LogP contribution in [0.4, 0.5) is 0 Å². The minimum Gasteiger partial charge on any atom is -0.458 e. The Morgan fingerprint density at radius 3 is 1.97 bits per heavy atom. The molecule has 2 heterocycles. The maximum atomic E-state index is 14.9. The van der Waals surface area contributed by atoms with Crippen LogP contribution in [0.1, 0.15) is 65.5 Å². The average Bonchev–Trinajstić information content (AvgIpc) is 3.27. The van der Waals surface area contributed by atoms with E-state index >= 15 is 0 Å². The number of cyclic esters (lactones) is 1. The predicted octanol–water partition coefficient (Wildman–Crippen LogP) is -0.168. The van der Waals surface area contributed by atoms with Gasteiger partial charge in [-0.3, -0.25) is 33.6 Å². The highest BCUT2D eigenvalue weighted by Crippen LogP contribution is 2.25. The standard InChI is InChI=1S/C46H63N7O12/c1-9-30-39(56)48-31-20-21-35(55)53(44(31)61)33(23-29-18-14-11-15-19-29)45(62)52(7)32(22-28-16-12-10-13-17-28)40(57)50-37(26(4)5)46(63)65-27(6)38(43(60)47-30)51-42(59)36(25(2)3)49-41(58)34(24-54)64-8/h9-19,25-27,31-38,54-55H,20-24H2,1-8H3,(H,47,60)(H,48,56)(H,49,58)(H,50,57)(H,51,59). The van der Waals surface area contributed by atoms with Crippen LogP contribution < -0.4 is 26.6 Å². The van der Waals surface area contributed by atoms with Crippen LogP contribution in [0, 0.1) is 11.8 Å². The van der Waals surface area contributed by atoms with Crippen molar-refractivity contribution in [3.05, 3.63) is 83.6 Å². The van der Waals surface area contributed by atoms with Gasteiger partial charge in [-0.15, -0.1) is 0 Å². The maximum absolute atomic E-state index is 14.9. The molecule has 2 aromatic rings. The van der Waals surface area contributed by atoms with Crippen molar-refractivity contribution in [3.8, 4) is 0 Å². The summed E-state index contributed by atoms with van der Waals surface area (Å²) in [6.07, 6.45) is -3.22.